The van der Waals surface area contributed by atoms with Crippen molar-refractivity contribution in [1.29, 1.82) is 0 Å². The quantitative estimate of drug-likeness (QED) is 0.389. The van der Waals surface area contributed by atoms with Gasteiger partial charge in [0.15, 0.2) is 5.96 Å². The normalized spacial score (nSPS) is 17.9. The smallest absolute Gasteiger partial charge is 0.242 e. The number of carbonyl (C=O) groups is 1. The third-order valence-electron chi connectivity index (χ3n) is 4.12. The van der Waals surface area contributed by atoms with Gasteiger partial charge in [-0.1, -0.05) is 24.3 Å². The average Bonchev–Trinajstić information content (AvgIpc) is 2.57. The number of carbonyl (C=O) groups excluding carboxylic acids is 1. The summed E-state index contributed by atoms with van der Waals surface area (Å²) in [6, 6.07) is 8.30. The van der Waals surface area contributed by atoms with E-state index in [2.05, 4.69) is 39.6 Å². The molecule has 6 nitrogen and oxygen atoms in total. The molecular weight excluding hydrogens is 455 g/mol. The largest absolute Gasteiger partial charge is 0.370 e. The van der Waals surface area contributed by atoms with E-state index in [9.17, 15) is 4.79 Å². The van der Waals surface area contributed by atoms with Crippen LogP contribution in [0.25, 0.3) is 0 Å². The molecule has 0 radical (unpaired) electrons. The number of ether oxygens (including phenoxy) is 1. The van der Waals surface area contributed by atoms with E-state index in [1.807, 2.05) is 39.8 Å². The Morgan fingerprint density at radius 2 is 2.04 bits per heavy atom. The van der Waals surface area contributed by atoms with Crippen molar-refractivity contribution >= 4 is 35.8 Å². The minimum atomic E-state index is -0.250. The Balaban J connectivity index is 0.00000364. The third kappa shape index (κ3) is 7.65. The van der Waals surface area contributed by atoms with Crippen molar-refractivity contribution < 1.29 is 9.53 Å². The summed E-state index contributed by atoms with van der Waals surface area (Å²) in [7, 11) is 0. The molecule has 1 unspecified atom stereocenters. The van der Waals surface area contributed by atoms with Crippen molar-refractivity contribution in [2.75, 3.05) is 32.8 Å². The number of benzene rings is 1. The van der Waals surface area contributed by atoms with Crippen LogP contribution in [-0.2, 0) is 9.53 Å². The summed E-state index contributed by atoms with van der Waals surface area (Å²) in [5.74, 6) is 0.690. The number of morpholine rings is 1. The van der Waals surface area contributed by atoms with Gasteiger partial charge in [0.2, 0.25) is 5.91 Å². The third-order valence-corrected chi connectivity index (χ3v) is 4.12. The summed E-state index contributed by atoms with van der Waals surface area (Å²) in [5, 5.41) is 6.24. The van der Waals surface area contributed by atoms with E-state index < -0.39 is 0 Å². The van der Waals surface area contributed by atoms with Gasteiger partial charge in [-0.2, -0.15) is 0 Å². The van der Waals surface area contributed by atoms with Crippen molar-refractivity contribution in [3.8, 4) is 0 Å². The number of rotatable bonds is 4. The lowest BCUT2D eigenvalue weighted by Crippen LogP contribution is -2.49. The molecule has 7 heteroatoms. The molecule has 1 aromatic carbocycles. The van der Waals surface area contributed by atoms with Crippen molar-refractivity contribution in [3.63, 3.8) is 0 Å². The van der Waals surface area contributed by atoms with Crippen LogP contribution in [0.4, 0.5) is 0 Å². The molecular formula is C20H33IN4O2. The number of aryl methyl sites for hydroxylation is 1. The van der Waals surface area contributed by atoms with E-state index in [1.54, 1.807) is 0 Å². The van der Waals surface area contributed by atoms with E-state index in [1.165, 1.54) is 11.1 Å². The monoisotopic (exact) mass is 488 g/mol. The molecule has 1 heterocycles. The first kappa shape index (κ1) is 23.7. The molecule has 27 heavy (non-hydrogen) atoms. The van der Waals surface area contributed by atoms with Crippen LogP contribution < -0.4 is 10.6 Å². The molecule has 0 bridgehead atoms. The number of hydrogen-bond donors (Lipinski definition) is 2. The number of guanidine groups is 1. The lowest BCUT2D eigenvalue weighted by Gasteiger charge is -2.35. The Bertz CT molecular complexity index is 643. The minimum absolute atomic E-state index is 0. The highest BCUT2D eigenvalue weighted by Crippen LogP contribution is 2.24. The predicted molar refractivity (Wildman–Crippen MR) is 121 cm³/mol. The fourth-order valence-corrected chi connectivity index (χ4v) is 3.01. The van der Waals surface area contributed by atoms with Crippen LogP contribution in [0, 0.1) is 6.92 Å². The van der Waals surface area contributed by atoms with Crippen LogP contribution in [0.5, 0.6) is 0 Å². The Morgan fingerprint density at radius 3 is 2.67 bits per heavy atom. The van der Waals surface area contributed by atoms with E-state index >= 15 is 0 Å². The number of hydrogen-bond acceptors (Lipinski definition) is 3. The summed E-state index contributed by atoms with van der Waals surface area (Å²) in [6.07, 6.45) is 0.0113. The van der Waals surface area contributed by atoms with E-state index in [4.69, 9.17) is 4.74 Å². The molecule has 2 rings (SSSR count). The van der Waals surface area contributed by atoms with Crippen LogP contribution in [0.1, 0.15) is 44.9 Å². The molecule has 1 aliphatic rings. The van der Waals surface area contributed by atoms with Gasteiger partial charge in [0.1, 0.15) is 12.6 Å². The number of halogens is 1. The summed E-state index contributed by atoms with van der Waals surface area (Å²) in [6.45, 7) is 13.0. The minimum Gasteiger partial charge on any atom is -0.370 e. The number of nitrogens with zero attached hydrogens (tertiary/aromatic N) is 2. The fraction of sp³-hybridized carbons (Fsp3) is 0.600. The SMILES string of the molecule is CCNC(=NCC(=O)NC(C)(C)C)N1CCOC(c2ccccc2C)C1.I. The summed E-state index contributed by atoms with van der Waals surface area (Å²) in [4.78, 5) is 18.8. The Hall–Kier alpha value is -1.35. The first-order valence-electron chi connectivity index (χ1n) is 9.31. The second-order valence-electron chi connectivity index (χ2n) is 7.63. The van der Waals surface area contributed by atoms with Gasteiger partial charge in [-0.3, -0.25) is 4.79 Å². The molecule has 0 aliphatic carbocycles. The predicted octanol–water partition coefficient (Wildman–Crippen LogP) is 2.87. The molecule has 152 valence electrons. The van der Waals surface area contributed by atoms with Gasteiger partial charge in [0.25, 0.3) is 0 Å². The van der Waals surface area contributed by atoms with Gasteiger partial charge < -0.3 is 20.3 Å². The molecule has 1 amide bonds. The molecule has 1 aromatic rings. The topological polar surface area (TPSA) is 66.0 Å². The van der Waals surface area contributed by atoms with Crippen LogP contribution >= 0.6 is 24.0 Å². The first-order valence-corrected chi connectivity index (χ1v) is 9.31. The molecule has 2 N–H and O–H groups in total. The molecule has 1 aliphatic heterocycles. The Morgan fingerprint density at radius 1 is 1.33 bits per heavy atom. The maximum Gasteiger partial charge on any atom is 0.242 e. The van der Waals surface area contributed by atoms with Crippen LogP contribution in [-0.4, -0.2) is 55.1 Å². The highest BCUT2D eigenvalue weighted by atomic mass is 127. The lowest BCUT2D eigenvalue weighted by molar-refractivity contribution is -0.121. The average molecular weight is 488 g/mol. The lowest BCUT2D eigenvalue weighted by atomic mass is 10.0. The number of nitrogens with one attached hydrogen (secondary N) is 2. The van der Waals surface area contributed by atoms with Crippen molar-refractivity contribution in [1.82, 2.24) is 15.5 Å². The number of aliphatic imine (C=N–C) groups is 1. The van der Waals surface area contributed by atoms with E-state index in [0.29, 0.717) is 6.61 Å². The van der Waals surface area contributed by atoms with Gasteiger partial charge in [0, 0.05) is 18.6 Å². The summed E-state index contributed by atoms with van der Waals surface area (Å²) >= 11 is 0. The zero-order valence-corrected chi connectivity index (χ0v) is 19.4. The Labute approximate surface area is 180 Å². The van der Waals surface area contributed by atoms with Gasteiger partial charge in [-0.15, -0.1) is 24.0 Å². The van der Waals surface area contributed by atoms with Crippen molar-refractivity contribution in [2.45, 2.75) is 46.3 Å². The second kappa shape index (κ2) is 10.8. The summed E-state index contributed by atoms with van der Waals surface area (Å²) < 4.78 is 5.99. The zero-order chi connectivity index (χ0) is 19.2. The molecule has 0 saturated carbocycles. The van der Waals surface area contributed by atoms with E-state index in [0.717, 1.165) is 25.6 Å². The molecule has 0 spiro atoms. The maximum atomic E-state index is 12.1. The van der Waals surface area contributed by atoms with Gasteiger partial charge in [0.05, 0.1) is 13.2 Å². The molecule has 1 fully saturated rings. The highest BCUT2D eigenvalue weighted by Gasteiger charge is 2.25. The second-order valence-corrected chi connectivity index (χ2v) is 7.63. The maximum absolute atomic E-state index is 12.1. The first-order chi connectivity index (χ1) is 12.3. The number of amides is 1. The van der Waals surface area contributed by atoms with Gasteiger partial charge >= 0.3 is 0 Å². The van der Waals surface area contributed by atoms with Gasteiger partial charge in [-0.25, -0.2) is 4.99 Å². The standard InChI is InChI=1S/C20H32N4O2.HI/c1-6-21-19(22-13-18(25)23-20(3,4)5)24-11-12-26-17(14-24)16-10-8-7-9-15(16)2;/h7-10,17H,6,11-14H2,1-5H3,(H,21,22)(H,23,25);1H. The zero-order valence-electron chi connectivity index (χ0n) is 17.0. The van der Waals surface area contributed by atoms with Crippen LogP contribution in [0.3, 0.4) is 0 Å². The van der Waals surface area contributed by atoms with Crippen LogP contribution in [0.2, 0.25) is 0 Å². The van der Waals surface area contributed by atoms with Crippen LogP contribution in [0.15, 0.2) is 29.3 Å². The highest BCUT2D eigenvalue weighted by molar-refractivity contribution is 14.0. The fourth-order valence-electron chi connectivity index (χ4n) is 3.01. The van der Waals surface area contributed by atoms with Crippen molar-refractivity contribution in [2.24, 2.45) is 4.99 Å². The van der Waals surface area contributed by atoms with E-state index in [-0.39, 0.29) is 48.1 Å². The molecule has 1 atom stereocenters. The van der Waals surface area contributed by atoms with Gasteiger partial charge in [-0.05, 0) is 45.7 Å². The summed E-state index contributed by atoms with van der Waals surface area (Å²) in [5.41, 5.74) is 2.18. The molecule has 0 aromatic heterocycles. The molecule has 1 saturated heterocycles. The van der Waals surface area contributed by atoms with Crippen molar-refractivity contribution in [3.05, 3.63) is 35.4 Å². The Kier molecular flexibility index (Phi) is 9.52.